The van der Waals surface area contributed by atoms with Crippen molar-refractivity contribution in [3.05, 3.63) is 72.3 Å². The van der Waals surface area contributed by atoms with Gasteiger partial charge < -0.3 is 19.9 Å². The molecule has 0 aromatic heterocycles. The van der Waals surface area contributed by atoms with Gasteiger partial charge >= 0.3 is 18.2 Å². The van der Waals surface area contributed by atoms with Gasteiger partial charge in [-0.15, -0.1) is 0 Å². The number of carbonyl (C=O) groups is 3. The molecular weight excluding hydrogens is 424 g/mol. The number of hydrogen-bond acceptors (Lipinski definition) is 5. The highest BCUT2D eigenvalue weighted by molar-refractivity contribution is 5.81. The van der Waals surface area contributed by atoms with Crippen LogP contribution in [-0.2, 0) is 14.3 Å². The minimum absolute atomic E-state index is 0.0835. The van der Waals surface area contributed by atoms with E-state index in [1.807, 2.05) is 36.4 Å². The maximum absolute atomic E-state index is 12.9. The van der Waals surface area contributed by atoms with Crippen molar-refractivity contribution in [2.75, 3.05) is 26.3 Å². The number of carboxylic acid groups (broad SMARTS) is 1. The quantitative estimate of drug-likeness (QED) is 0.625. The Morgan fingerprint density at radius 3 is 2.30 bits per heavy atom. The fourth-order valence-corrected chi connectivity index (χ4v) is 4.60. The van der Waals surface area contributed by atoms with Gasteiger partial charge in [-0.05, 0) is 34.6 Å². The van der Waals surface area contributed by atoms with Gasteiger partial charge in [0.25, 0.3) is 0 Å². The molecule has 2 aromatic carbocycles. The number of rotatable bonds is 7. The molecule has 2 unspecified atom stereocenters. The third-order valence-corrected chi connectivity index (χ3v) is 6.11. The molecule has 4 rings (SSSR count). The molecule has 2 amide bonds. The average molecular weight is 450 g/mol. The summed E-state index contributed by atoms with van der Waals surface area (Å²) < 4.78 is 10.5. The van der Waals surface area contributed by atoms with Crippen molar-refractivity contribution in [1.82, 2.24) is 10.2 Å². The Labute approximate surface area is 191 Å². The van der Waals surface area contributed by atoms with E-state index in [0.29, 0.717) is 0 Å². The molecule has 1 saturated heterocycles. The summed E-state index contributed by atoms with van der Waals surface area (Å²) in [7, 11) is 0. The van der Waals surface area contributed by atoms with E-state index in [9.17, 15) is 19.5 Å². The molecule has 0 bridgehead atoms. The number of nitrogens with zero attached hydrogens (tertiary/aromatic N) is 1. The van der Waals surface area contributed by atoms with E-state index < -0.39 is 24.2 Å². The number of benzene rings is 2. The summed E-state index contributed by atoms with van der Waals surface area (Å²) in [4.78, 5) is 37.5. The first-order valence-corrected chi connectivity index (χ1v) is 10.9. The van der Waals surface area contributed by atoms with Crippen LogP contribution in [0.5, 0.6) is 0 Å². The zero-order valence-electron chi connectivity index (χ0n) is 18.1. The molecule has 0 saturated carbocycles. The Morgan fingerprint density at radius 1 is 1.06 bits per heavy atom. The number of likely N-dealkylation sites (tertiary alicyclic amines) is 1. The topological polar surface area (TPSA) is 105 Å². The summed E-state index contributed by atoms with van der Waals surface area (Å²) in [6.45, 7) is 4.05. The van der Waals surface area contributed by atoms with Crippen molar-refractivity contribution in [3.8, 4) is 11.1 Å². The highest BCUT2D eigenvalue weighted by Gasteiger charge is 2.41. The lowest BCUT2D eigenvalue weighted by molar-refractivity contribution is -0.141. The van der Waals surface area contributed by atoms with E-state index in [2.05, 4.69) is 24.0 Å². The summed E-state index contributed by atoms with van der Waals surface area (Å²) in [5.74, 6) is -1.42. The van der Waals surface area contributed by atoms with E-state index in [1.165, 1.54) is 11.0 Å². The molecule has 0 radical (unpaired) electrons. The van der Waals surface area contributed by atoms with Crippen molar-refractivity contribution in [2.45, 2.75) is 18.4 Å². The van der Waals surface area contributed by atoms with Gasteiger partial charge in [0.15, 0.2) is 0 Å². The summed E-state index contributed by atoms with van der Waals surface area (Å²) in [5, 5.41) is 12.2. The van der Waals surface area contributed by atoms with Gasteiger partial charge in [-0.3, -0.25) is 4.90 Å². The van der Waals surface area contributed by atoms with E-state index >= 15 is 0 Å². The summed E-state index contributed by atoms with van der Waals surface area (Å²) in [5.41, 5.74) is 4.41. The Hall–Kier alpha value is -3.81. The SMILES string of the molecule is C=CCOC(=O)NCC1CC(C(=O)O)N(C(=O)OCC2c3ccccc3-c3ccccc32)C1. The molecule has 1 fully saturated rings. The zero-order chi connectivity index (χ0) is 23.4. The Kier molecular flexibility index (Phi) is 6.63. The maximum Gasteiger partial charge on any atom is 0.410 e. The lowest BCUT2D eigenvalue weighted by Gasteiger charge is -2.22. The fourth-order valence-electron chi connectivity index (χ4n) is 4.60. The molecule has 2 N–H and O–H groups in total. The molecule has 0 spiro atoms. The molecule has 8 nitrogen and oxygen atoms in total. The third-order valence-electron chi connectivity index (χ3n) is 6.11. The number of hydrogen-bond donors (Lipinski definition) is 2. The fraction of sp³-hybridized carbons (Fsp3) is 0.320. The van der Waals surface area contributed by atoms with Crippen LogP contribution in [0, 0.1) is 5.92 Å². The number of aliphatic carboxylic acids is 1. The number of fused-ring (bicyclic) bond motifs is 3. The number of alkyl carbamates (subject to hydrolysis) is 1. The highest BCUT2D eigenvalue weighted by atomic mass is 16.6. The number of carboxylic acids is 1. The summed E-state index contributed by atoms with van der Waals surface area (Å²) in [6.07, 6.45) is 0.401. The minimum atomic E-state index is -1.10. The summed E-state index contributed by atoms with van der Waals surface area (Å²) in [6, 6.07) is 15.0. The molecule has 172 valence electrons. The number of amides is 2. The monoisotopic (exact) mass is 450 g/mol. The highest BCUT2D eigenvalue weighted by Crippen LogP contribution is 2.44. The second kappa shape index (κ2) is 9.77. The predicted octanol–water partition coefficient (Wildman–Crippen LogP) is 3.62. The van der Waals surface area contributed by atoms with Crippen molar-refractivity contribution in [2.24, 2.45) is 5.92 Å². The van der Waals surface area contributed by atoms with Gasteiger partial charge in [-0.1, -0.05) is 61.2 Å². The van der Waals surface area contributed by atoms with Crippen LogP contribution >= 0.6 is 0 Å². The number of ether oxygens (including phenoxy) is 2. The molecule has 1 aliphatic carbocycles. The van der Waals surface area contributed by atoms with Crippen LogP contribution in [0.25, 0.3) is 11.1 Å². The van der Waals surface area contributed by atoms with Crippen LogP contribution in [0.4, 0.5) is 9.59 Å². The maximum atomic E-state index is 12.9. The van der Waals surface area contributed by atoms with Crippen LogP contribution in [0.15, 0.2) is 61.2 Å². The van der Waals surface area contributed by atoms with Crippen LogP contribution in [0.3, 0.4) is 0 Å². The van der Waals surface area contributed by atoms with Crippen LogP contribution < -0.4 is 5.32 Å². The number of carbonyl (C=O) groups excluding carboxylic acids is 2. The second-order valence-electron chi connectivity index (χ2n) is 8.18. The standard InChI is InChI=1S/C25H26N2O6/c1-2-11-32-24(30)26-13-16-12-22(23(28)29)27(14-16)25(31)33-15-21-19-9-5-3-7-17(19)18-8-4-6-10-20(18)21/h2-10,16,21-22H,1,11-15H2,(H,26,30)(H,28,29). The normalized spacial score (nSPS) is 18.8. The van der Waals surface area contributed by atoms with Crippen molar-refractivity contribution in [1.29, 1.82) is 0 Å². The van der Waals surface area contributed by atoms with Crippen LogP contribution in [0.2, 0.25) is 0 Å². The molecule has 2 aliphatic rings. The first-order valence-electron chi connectivity index (χ1n) is 10.9. The second-order valence-corrected chi connectivity index (χ2v) is 8.18. The molecule has 33 heavy (non-hydrogen) atoms. The lowest BCUT2D eigenvalue weighted by atomic mass is 9.98. The Morgan fingerprint density at radius 2 is 1.70 bits per heavy atom. The minimum Gasteiger partial charge on any atom is -0.480 e. The van der Waals surface area contributed by atoms with E-state index in [4.69, 9.17) is 9.47 Å². The van der Waals surface area contributed by atoms with Gasteiger partial charge in [0.1, 0.15) is 19.3 Å². The van der Waals surface area contributed by atoms with Gasteiger partial charge in [-0.2, -0.15) is 0 Å². The van der Waals surface area contributed by atoms with Gasteiger partial charge in [0, 0.05) is 19.0 Å². The zero-order valence-corrected chi connectivity index (χ0v) is 18.1. The first kappa shape index (κ1) is 22.4. The molecular formula is C25H26N2O6. The molecule has 1 heterocycles. The van der Waals surface area contributed by atoms with Crippen molar-refractivity contribution >= 4 is 18.2 Å². The van der Waals surface area contributed by atoms with E-state index in [-0.39, 0.29) is 44.6 Å². The van der Waals surface area contributed by atoms with Crippen molar-refractivity contribution < 1.29 is 29.0 Å². The lowest BCUT2D eigenvalue weighted by Crippen LogP contribution is -2.41. The van der Waals surface area contributed by atoms with Gasteiger partial charge in [0.05, 0.1) is 0 Å². The molecule has 8 heteroatoms. The Bertz CT molecular complexity index is 1020. The van der Waals surface area contributed by atoms with Crippen LogP contribution in [-0.4, -0.2) is 60.5 Å². The molecule has 2 atom stereocenters. The van der Waals surface area contributed by atoms with Crippen LogP contribution in [0.1, 0.15) is 23.5 Å². The molecule has 1 aliphatic heterocycles. The third kappa shape index (κ3) is 4.69. The Balaban J connectivity index is 1.40. The smallest absolute Gasteiger partial charge is 0.410 e. The largest absolute Gasteiger partial charge is 0.480 e. The summed E-state index contributed by atoms with van der Waals surface area (Å²) >= 11 is 0. The van der Waals surface area contributed by atoms with E-state index in [1.54, 1.807) is 0 Å². The number of nitrogens with one attached hydrogen (secondary N) is 1. The van der Waals surface area contributed by atoms with Gasteiger partial charge in [-0.25, -0.2) is 14.4 Å². The average Bonchev–Trinajstić information content (AvgIpc) is 3.40. The molecule has 2 aromatic rings. The van der Waals surface area contributed by atoms with Crippen molar-refractivity contribution in [3.63, 3.8) is 0 Å². The van der Waals surface area contributed by atoms with E-state index in [0.717, 1.165) is 22.3 Å². The van der Waals surface area contributed by atoms with Gasteiger partial charge in [0.2, 0.25) is 0 Å². The predicted molar refractivity (Wildman–Crippen MR) is 121 cm³/mol. The first-order chi connectivity index (χ1) is 16.0.